The van der Waals surface area contributed by atoms with Crippen LogP contribution in [-0.4, -0.2) is 42.7 Å². The zero-order valence-corrected chi connectivity index (χ0v) is 17.6. The van der Waals surface area contributed by atoms with E-state index in [4.69, 9.17) is 5.11 Å². The van der Waals surface area contributed by atoms with Gasteiger partial charge in [0.25, 0.3) is 0 Å². The lowest BCUT2D eigenvalue weighted by Gasteiger charge is -2.19. The van der Waals surface area contributed by atoms with Crippen molar-refractivity contribution >= 4 is 34.1 Å². The molecule has 0 aromatic carbocycles. The van der Waals surface area contributed by atoms with E-state index in [1.165, 1.54) is 11.3 Å². The van der Waals surface area contributed by atoms with Gasteiger partial charge in [0.1, 0.15) is 0 Å². The van der Waals surface area contributed by atoms with E-state index in [1.807, 2.05) is 35.2 Å². The Morgan fingerprint density at radius 3 is 3.07 bits per heavy atom. The predicted molar refractivity (Wildman–Crippen MR) is 114 cm³/mol. The second-order valence-corrected chi connectivity index (χ2v) is 8.80. The van der Waals surface area contributed by atoms with Gasteiger partial charge in [-0.2, -0.15) is 5.10 Å². The molecule has 0 aliphatic heterocycles. The van der Waals surface area contributed by atoms with Crippen LogP contribution in [0.25, 0.3) is 4.96 Å². The Morgan fingerprint density at radius 2 is 2.30 bits per heavy atom. The molecular weight excluding hydrogens is 404 g/mol. The van der Waals surface area contributed by atoms with Crippen molar-refractivity contribution in [2.75, 3.05) is 5.32 Å². The molecule has 3 aromatic rings. The maximum Gasteiger partial charge on any atom is 0.404 e. The smallest absolute Gasteiger partial charge is 0.404 e. The molecule has 3 aromatic heterocycles. The molecular formula is C20H26N6O3S. The van der Waals surface area contributed by atoms with Gasteiger partial charge in [0.2, 0.25) is 5.91 Å². The molecule has 3 heterocycles. The van der Waals surface area contributed by atoms with Crippen molar-refractivity contribution in [3.63, 3.8) is 0 Å². The lowest BCUT2D eigenvalue weighted by molar-refractivity contribution is -0.115. The van der Waals surface area contributed by atoms with Gasteiger partial charge in [-0.1, -0.05) is 6.92 Å². The molecule has 1 aliphatic rings. The number of anilines is 1. The van der Waals surface area contributed by atoms with Gasteiger partial charge in [-0.15, -0.1) is 11.3 Å². The Kier molecular flexibility index (Phi) is 6.03. The number of hydrogen-bond acceptors (Lipinski definition) is 5. The van der Waals surface area contributed by atoms with Crippen molar-refractivity contribution in [3.05, 3.63) is 35.2 Å². The fourth-order valence-corrected chi connectivity index (χ4v) is 5.02. The molecule has 1 saturated carbocycles. The number of nitrogens with zero attached hydrogens (tertiary/aromatic N) is 3. The highest BCUT2D eigenvalue weighted by Gasteiger charge is 2.29. The quantitative estimate of drug-likeness (QED) is 0.434. The number of aromatic nitrogens is 4. The van der Waals surface area contributed by atoms with E-state index in [0.29, 0.717) is 17.7 Å². The number of carbonyl (C=O) groups is 2. The average molecular weight is 431 g/mol. The number of amides is 2. The Bertz CT molecular complexity index is 996. The van der Waals surface area contributed by atoms with Gasteiger partial charge in [-0.25, -0.2) is 9.78 Å². The zero-order chi connectivity index (χ0) is 21.1. The van der Waals surface area contributed by atoms with Crippen LogP contribution in [0.5, 0.6) is 0 Å². The maximum absolute atomic E-state index is 12.3. The molecule has 2 amide bonds. The van der Waals surface area contributed by atoms with Crippen LogP contribution in [0.3, 0.4) is 0 Å². The Labute approximate surface area is 177 Å². The van der Waals surface area contributed by atoms with Crippen molar-refractivity contribution in [2.45, 2.75) is 57.4 Å². The fraction of sp³-hybridized carbons (Fsp3) is 0.500. The number of fused-ring (bicyclic) bond motifs is 1. The highest BCUT2D eigenvalue weighted by molar-refractivity contribution is 7.15. The molecule has 10 heteroatoms. The fourth-order valence-electron chi connectivity index (χ4n) is 4.30. The van der Waals surface area contributed by atoms with E-state index in [9.17, 15) is 9.59 Å². The monoisotopic (exact) mass is 430 g/mol. The normalized spacial score (nSPS) is 19.8. The summed E-state index contributed by atoms with van der Waals surface area (Å²) in [5, 5.41) is 23.7. The molecule has 3 unspecified atom stereocenters. The summed E-state index contributed by atoms with van der Waals surface area (Å²) in [7, 11) is 0. The first-order valence-corrected chi connectivity index (χ1v) is 11.1. The summed E-state index contributed by atoms with van der Waals surface area (Å²) in [5.74, 6) is 1.23. The van der Waals surface area contributed by atoms with Crippen molar-refractivity contribution in [1.29, 1.82) is 0 Å². The first kappa shape index (κ1) is 20.4. The lowest BCUT2D eigenvalue weighted by Crippen LogP contribution is -2.34. The molecule has 3 atom stereocenters. The van der Waals surface area contributed by atoms with Gasteiger partial charge >= 0.3 is 6.09 Å². The number of carbonyl (C=O) groups excluding carboxylic acids is 1. The molecule has 0 spiro atoms. The highest BCUT2D eigenvalue weighted by Crippen LogP contribution is 2.40. The number of hydrogen-bond donors (Lipinski definition) is 4. The zero-order valence-electron chi connectivity index (χ0n) is 16.8. The van der Waals surface area contributed by atoms with Gasteiger partial charge in [0, 0.05) is 41.5 Å². The van der Waals surface area contributed by atoms with Gasteiger partial charge in [-0.3, -0.25) is 14.3 Å². The molecule has 1 aliphatic carbocycles. The summed E-state index contributed by atoms with van der Waals surface area (Å²) in [6.07, 6.45) is 7.79. The number of nitrogens with one attached hydrogen (secondary N) is 3. The Balaban J connectivity index is 1.29. The van der Waals surface area contributed by atoms with Gasteiger partial charge in [0.15, 0.2) is 10.8 Å². The van der Waals surface area contributed by atoms with Gasteiger partial charge in [-0.05, 0) is 38.0 Å². The molecule has 0 bridgehead atoms. The minimum absolute atomic E-state index is 0.00101. The average Bonchev–Trinajstić information content (AvgIpc) is 3.44. The molecule has 4 rings (SSSR count). The van der Waals surface area contributed by atoms with E-state index in [0.717, 1.165) is 48.5 Å². The molecule has 30 heavy (non-hydrogen) atoms. The molecule has 4 N–H and O–H groups in total. The predicted octanol–water partition coefficient (Wildman–Crippen LogP) is 3.62. The largest absolute Gasteiger partial charge is 0.465 e. The number of rotatable bonds is 8. The number of H-pyrrole nitrogens is 1. The van der Waals surface area contributed by atoms with Crippen LogP contribution < -0.4 is 10.6 Å². The third-order valence-electron chi connectivity index (χ3n) is 5.77. The van der Waals surface area contributed by atoms with Crippen LogP contribution in [0.1, 0.15) is 56.3 Å². The van der Waals surface area contributed by atoms with E-state index in [2.05, 4.69) is 25.8 Å². The summed E-state index contributed by atoms with van der Waals surface area (Å²) in [6, 6.07) is 1.91. The van der Waals surface area contributed by atoms with Crippen molar-refractivity contribution in [3.8, 4) is 0 Å². The molecule has 0 radical (unpaired) electrons. The first-order chi connectivity index (χ1) is 14.5. The van der Waals surface area contributed by atoms with Crippen LogP contribution in [0.15, 0.2) is 23.8 Å². The van der Waals surface area contributed by atoms with Crippen molar-refractivity contribution in [2.24, 2.45) is 5.92 Å². The van der Waals surface area contributed by atoms with Crippen LogP contribution in [0, 0.1) is 5.92 Å². The summed E-state index contributed by atoms with van der Waals surface area (Å²) in [4.78, 5) is 28.5. The summed E-state index contributed by atoms with van der Waals surface area (Å²) < 4.78 is 1.91. The number of imidazole rings is 1. The second-order valence-electron chi connectivity index (χ2n) is 7.92. The van der Waals surface area contributed by atoms with Crippen LogP contribution in [0.4, 0.5) is 10.6 Å². The van der Waals surface area contributed by atoms with Crippen molar-refractivity contribution < 1.29 is 14.7 Å². The summed E-state index contributed by atoms with van der Waals surface area (Å²) in [5.41, 5.74) is 1.75. The second kappa shape index (κ2) is 8.86. The lowest BCUT2D eigenvalue weighted by atomic mass is 9.95. The van der Waals surface area contributed by atoms with Crippen molar-refractivity contribution in [1.82, 2.24) is 24.9 Å². The van der Waals surface area contributed by atoms with E-state index in [1.54, 1.807) is 0 Å². The standard InChI is InChI=1S/C20H26N6O3S/c1-2-14(22-20(28)29)8-12-3-4-13(7-12)16-10-17(25-24-16)23-18(27)9-15-11-26-5-6-30-19(26)21-15/h5-6,10-14,22H,2-4,7-9H2,1H3,(H,28,29)(H2,23,24,25,27). The number of thiazole rings is 1. The van der Waals surface area contributed by atoms with E-state index < -0.39 is 6.09 Å². The molecule has 160 valence electrons. The maximum atomic E-state index is 12.3. The van der Waals surface area contributed by atoms with Crippen LogP contribution in [0.2, 0.25) is 0 Å². The Hall–Kier alpha value is -2.88. The topological polar surface area (TPSA) is 124 Å². The molecule has 0 saturated heterocycles. The minimum atomic E-state index is -0.958. The summed E-state index contributed by atoms with van der Waals surface area (Å²) in [6.45, 7) is 2.00. The van der Waals surface area contributed by atoms with E-state index in [-0.39, 0.29) is 18.4 Å². The molecule has 9 nitrogen and oxygen atoms in total. The minimum Gasteiger partial charge on any atom is -0.465 e. The van der Waals surface area contributed by atoms with Crippen LogP contribution >= 0.6 is 11.3 Å². The highest BCUT2D eigenvalue weighted by atomic mass is 32.1. The first-order valence-electron chi connectivity index (χ1n) is 10.3. The molecule has 1 fully saturated rings. The van der Waals surface area contributed by atoms with Crippen LogP contribution in [-0.2, 0) is 11.2 Å². The third kappa shape index (κ3) is 4.81. The number of carboxylic acid groups (broad SMARTS) is 1. The van der Waals surface area contributed by atoms with Gasteiger partial charge < -0.3 is 15.7 Å². The van der Waals surface area contributed by atoms with Gasteiger partial charge in [0.05, 0.1) is 12.1 Å². The van der Waals surface area contributed by atoms with E-state index >= 15 is 0 Å². The number of aromatic amines is 1. The summed E-state index contributed by atoms with van der Waals surface area (Å²) >= 11 is 1.53. The SMILES string of the molecule is CCC(CC1CCC(c2cc(NC(=O)Cc3cn4ccsc4n3)n[nH]2)C1)NC(=O)O. The Morgan fingerprint density at radius 1 is 1.43 bits per heavy atom. The third-order valence-corrected chi connectivity index (χ3v) is 6.54.